The zero-order valence-corrected chi connectivity index (χ0v) is 12.1. The molecule has 20 heavy (non-hydrogen) atoms. The molecule has 0 heterocycles. The largest absolute Gasteiger partial charge is 0.398 e. The molecule has 1 unspecified atom stereocenters. The Hall–Kier alpha value is -1.85. The van der Waals surface area contributed by atoms with E-state index in [-0.39, 0.29) is 11.7 Å². The van der Waals surface area contributed by atoms with E-state index in [0.717, 1.165) is 0 Å². The molecular weight excluding hydrogens is 296 g/mol. The Morgan fingerprint density at radius 2 is 1.80 bits per heavy atom. The van der Waals surface area contributed by atoms with E-state index in [9.17, 15) is 9.00 Å². The molecule has 0 radical (unpaired) electrons. The van der Waals surface area contributed by atoms with Gasteiger partial charge in [-0.15, -0.1) is 0 Å². The van der Waals surface area contributed by atoms with Crippen LogP contribution in [0.5, 0.6) is 0 Å². The molecule has 2 aromatic carbocycles. The molecule has 0 saturated carbocycles. The maximum absolute atomic E-state index is 12.1. The number of hydrogen-bond donors (Lipinski definition) is 2. The van der Waals surface area contributed by atoms with E-state index in [1.807, 2.05) is 0 Å². The number of amides is 1. The van der Waals surface area contributed by atoms with Crippen LogP contribution in [0, 0.1) is 0 Å². The van der Waals surface area contributed by atoms with Crippen LogP contribution in [0.25, 0.3) is 0 Å². The van der Waals surface area contributed by atoms with Gasteiger partial charge >= 0.3 is 0 Å². The lowest BCUT2D eigenvalue weighted by Crippen LogP contribution is -2.19. The minimum absolute atomic E-state index is 0.142. The second kappa shape index (κ2) is 6.54. The molecule has 0 aromatic heterocycles. The van der Waals surface area contributed by atoms with Crippen molar-refractivity contribution in [2.24, 2.45) is 0 Å². The lowest BCUT2D eigenvalue weighted by Gasteiger charge is -2.07. The number of para-hydroxylation sites is 1. The summed E-state index contributed by atoms with van der Waals surface area (Å²) in [4.78, 5) is 12.3. The standard InChI is InChI=1S/C14H13ClN2O2S/c15-10-5-7-11(8-6-10)17-14(18)9-20(19)13-4-2-1-3-12(13)16/h1-8H,9,16H2,(H,17,18). The van der Waals surface area contributed by atoms with Crippen LogP contribution in [0.15, 0.2) is 53.4 Å². The first-order valence-electron chi connectivity index (χ1n) is 5.84. The molecule has 2 aromatic rings. The number of nitrogen functional groups attached to an aromatic ring is 1. The van der Waals surface area contributed by atoms with Gasteiger partial charge < -0.3 is 11.1 Å². The molecular formula is C14H13ClN2O2S. The van der Waals surface area contributed by atoms with Gasteiger partial charge in [-0.1, -0.05) is 23.7 Å². The van der Waals surface area contributed by atoms with Gasteiger partial charge in [0.2, 0.25) is 5.91 Å². The molecule has 3 N–H and O–H groups in total. The van der Waals surface area contributed by atoms with E-state index in [4.69, 9.17) is 17.3 Å². The summed E-state index contributed by atoms with van der Waals surface area (Å²) >= 11 is 5.75. The number of nitrogens with two attached hydrogens (primary N) is 1. The van der Waals surface area contributed by atoms with Crippen molar-refractivity contribution in [1.29, 1.82) is 0 Å². The van der Waals surface area contributed by atoms with Crippen LogP contribution in [-0.2, 0) is 15.6 Å². The molecule has 1 amide bonds. The predicted octanol–water partition coefficient (Wildman–Crippen LogP) is 2.67. The van der Waals surface area contributed by atoms with E-state index in [1.165, 1.54) is 0 Å². The molecule has 0 fully saturated rings. The molecule has 6 heteroatoms. The maximum Gasteiger partial charge on any atom is 0.237 e. The first kappa shape index (κ1) is 14.6. The smallest absolute Gasteiger partial charge is 0.237 e. The third-order valence-electron chi connectivity index (χ3n) is 2.55. The van der Waals surface area contributed by atoms with Gasteiger partial charge in [0.25, 0.3) is 0 Å². The second-order valence-electron chi connectivity index (χ2n) is 4.08. The van der Waals surface area contributed by atoms with Crippen LogP contribution in [0.4, 0.5) is 11.4 Å². The van der Waals surface area contributed by atoms with Gasteiger partial charge in [-0.25, -0.2) is 0 Å². The number of anilines is 2. The fraction of sp³-hybridized carbons (Fsp3) is 0.0714. The topological polar surface area (TPSA) is 72.2 Å². The first-order chi connectivity index (χ1) is 9.56. The zero-order chi connectivity index (χ0) is 14.5. The highest BCUT2D eigenvalue weighted by atomic mass is 35.5. The third kappa shape index (κ3) is 3.82. The van der Waals surface area contributed by atoms with Gasteiger partial charge in [0.1, 0.15) is 5.75 Å². The normalized spacial score (nSPS) is 11.8. The highest BCUT2D eigenvalue weighted by Gasteiger charge is 2.12. The average molecular weight is 309 g/mol. The Kier molecular flexibility index (Phi) is 4.76. The zero-order valence-electron chi connectivity index (χ0n) is 10.5. The Balaban J connectivity index is 2.00. The SMILES string of the molecule is Nc1ccccc1S(=O)CC(=O)Nc1ccc(Cl)cc1. The van der Waals surface area contributed by atoms with Crippen molar-refractivity contribution >= 4 is 39.7 Å². The van der Waals surface area contributed by atoms with E-state index in [2.05, 4.69) is 5.32 Å². The lowest BCUT2D eigenvalue weighted by atomic mass is 10.3. The van der Waals surface area contributed by atoms with Crippen molar-refractivity contribution in [1.82, 2.24) is 0 Å². The van der Waals surface area contributed by atoms with Gasteiger partial charge in [-0.3, -0.25) is 9.00 Å². The predicted molar refractivity (Wildman–Crippen MR) is 82.2 cm³/mol. The minimum Gasteiger partial charge on any atom is -0.398 e. The number of nitrogens with one attached hydrogen (secondary N) is 1. The Bertz CT molecular complexity index is 644. The average Bonchev–Trinajstić information content (AvgIpc) is 2.41. The summed E-state index contributed by atoms with van der Waals surface area (Å²) in [6.07, 6.45) is 0. The van der Waals surface area contributed by atoms with Gasteiger partial charge in [0, 0.05) is 16.4 Å². The van der Waals surface area contributed by atoms with E-state index in [1.54, 1.807) is 48.5 Å². The lowest BCUT2D eigenvalue weighted by molar-refractivity contribution is -0.113. The number of benzene rings is 2. The van der Waals surface area contributed by atoms with E-state index in [0.29, 0.717) is 21.3 Å². The van der Waals surface area contributed by atoms with Crippen LogP contribution in [0.2, 0.25) is 5.02 Å². The van der Waals surface area contributed by atoms with Crippen molar-refractivity contribution in [2.45, 2.75) is 4.90 Å². The summed E-state index contributed by atoms with van der Waals surface area (Å²) < 4.78 is 12.1. The molecule has 0 aliphatic heterocycles. The van der Waals surface area contributed by atoms with Crippen LogP contribution in [0.1, 0.15) is 0 Å². The summed E-state index contributed by atoms with van der Waals surface area (Å²) in [6, 6.07) is 13.5. The van der Waals surface area contributed by atoms with Crippen molar-refractivity contribution < 1.29 is 9.00 Å². The molecule has 104 valence electrons. The van der Waals surface area contributed by atoms with E-state index >= 15 is 0 Å². The molecule has 1 atom stereocenters. The highest BCUT2D eigenvalue weighted by Crippen LogP contribution is 2.16. The van der Waals surface area contributed by atoms with Gasteiger partial charge in [-0.2, -0.15) is 0 Å². The number of rotatable bonds is 4. The Morgan fingerprint density at radius 1 is 1.15 bits per heavy atom. The van der Waals surface area contributed by atoms with Crippen LogP contribution in [0.3, 0.4) is 0 Å². The quantitative estimate of drug-likeness (QED) is 0.853. The van der Waals surface area contributed by atoms with Crippen molar-refractivity contribution in [3.05, 3.63) is 53.6 Å². The number of carbonyl (C=O) groups is 1. The summed E-state index contributed by atoms with van der Waals surface area (Å²) in [7, 11) is -1.47. The number of carbonyl (C=O) groups excluding carboxylic acids is 1. The molecule has 0 spiro atoms. The highest BCUT2D eigenvalue weighted by molar-refractivity contribution is 7.86. The first-order valence-corrected chi connectivity index (χ1v) is 7.54. The van der Waals surface area contributed by atoms with Gasteiger partial charge in [0.05, 0.1) is 15.7 Å². The van der Waals surface area contributed by atoms with Crippen LogP contribution < -0.4 is 11.1 Å². The van der Waals surface area contributed by atoms with Gasteiger partial charge in [-0.05, 0) is 36.4 Å². The maximum atomic E-state index is 12.1. The Morgan fingerprint density at radius 3 is 2.45 bits per heavy atom. The third-order valence-corrected chi connectivity index (χ3v) is 4.19. The van der Waals surface area contributed by atoms with Crippen molar-refractivity contribution in [3.63, 3.8) is 0 Å². The molecule has 0 aliphatic rings. The van der Waals surface area contributed by atoms with Gasteiger partial charge in [0.15, 0.2) is 0 Å². The Labute approximate surface area is 124 Å². The summed E-state index contributed by atoms with van der Waals surface area (Å²) in [6.45, 7) is 0. The molecule has 0 aliphatic carbocycles. The van der Waals surface area contributed by atoms with Crippen molar-refractivity contribution in [2.75, 3.05) is 16.8 Å². The van der Waals surface area contributed by atoms with Crippen molar-refractivity contribution in [3.8, 4) is 0 Å². The van der Waals surface area contributed by atoms with Crippen LogP contribution >= 0.6 is 11.6 Å². The molecule has 4 nitrogen and oxygen atoms in total. The summed E-state index contributed by atoms with van der Waals surface area (Å²) in [5.41, 5.74) is 6.76. The summed E-state index contributed by atoms with van der Waals surface area (Å²) in [5, 5.41) is 3.24. The monoisotopic (exact) mass is 308 g/mol. The number of halogens is 1. The summed E-state index contributed by atoms with van der Waals surface area (Å²) in [5.74, 6) is -0.481. The fourth-order valence-corrected chi connectivity index (χ4v) is 2.77. The van der Waals surface area contributed by atoms with E-state index < -0.39 is 10.8 Å². The fourth-order valence-electron chi connectivity index (χ4n) is 1.61. The molecule has 0 saturated heterocycles. The molecule has 2 rings (SSSR count). The minimum atomic E-state index is -1.47. The second-order valence-corrected chi connectivity index (χ2v) is 5.94. The molecule has 0 bridgehead atoms. The number of hydrogen-bond acceptors (Lipinski definition) is 3. The van der Waals surface area contributed by atoms with Crippen LogP contribution in [-0.4, -0.2) is 15.9 Å².